The lowest BCUT2D eigenvalue weighted by molar-refractivity contribution is -0.157. The average molecular weight is 1040 g/mol. The quantitative estimate of drug-likeness (QED) is 0.0529. The van der Waals surface area contributed by atoms with Crippen molar-refractivity contribution in [2.24, 2.45) is 11.7 Å². The van der Waals surface area contributed by atoms with E-state index < -0.39 is 162 Å². The number of carboxylic acids is 1. The highest BCUT2D eigenvalue weighted by atomic mass is 16.6. The first-order valence-electron chi connectivity index (χ1n) is 24.3. The largest absolute Gasteiger partial charge is 0.480 e. The number of nitrogens with one attached hydrogen (secondary N) is 7. The molecule has 0 aliphatic carbocycles. The third-order valence-corrected chi connectivity index (χ3v) is 10.1. The summed E-state index contributed by atoms with van der Waals surface area (Å²) in [5.74, 6) is -9.58. The van der Waals surface area contributed by atoms with Crippen molar-refractivity contribution in [3.05, 3.63) is 35.9 Å². The van der Waals surface area contributed by atoms with Gasteiger partial charge in [0.15, 0.2) is 0 Å². The molecule has 0 radical (unpaired) electrons. The molecule has 1 aromatic rings. The van der Waals surface area contributed by atoms with E-state index in [0.29, 0.717) is 5.56 Å². The van der Waals surface area contributed by atoms with E-state index in [1.807, 2.05) is 0 Å². The van der Waals surface area contributed by atoms with Crippen LogP contribution < -0.4 is 43.0 Å². The van der Waals surface area contributed by atoms with Gasteiger partial charge in [0, 0.05) is 6.42 Å². The first-order chi connectivity index (χ1) is 33.4. The van der Waals surface area contributed by atoms with Gasteiger partial charge in [-0.1, -0.05) is 44.2 Å². The van der Waals surface area contributed by atoms with Crippen LogP contribution in [0.2, 0.25) is 0 Å². The van der Waals surface area contributed by atoms with Crippen molar-refractivity contribution in [2.75, 3.05) is 19.8 Å². The van der Waals surface area contributed by atoms with Gasteiger partial charge in [-0.25, -0.2) is 4.79 Å². The van der Waals surface area contributed by atoms with Gasteiger partial charge in [-0.3, -0.25) is 38.4 Å². The number of carbonyl (C=O) groups excluding carboxylic acids is 8. The zero-order valence-electron chi connectivity index (χ0n) is 45.5. The summed E-state index contributed by atoms with van der Waals surface area (Å²) in [6, 6.07) is -2.21. The number of aliphatic carboxylic acids is 1. The number of amides is 7. The fraction of sp³-hybridized carbons (Fsp3) is 0.700. The van der Waals surface area contributed by atoms with Gasteiger partial charge >= 0.3 is 11.9 Å². The maximum Gasteiger partial charge on any atom is 0.328 e. The highest BCUT2D eigenvalue weighted by molar-refractivity contribution is 5.98. The number of aliphatic hydroxyl groups is 1. The molecule has 1 rings (SSSR count). The molecule has 0 aromatic heterocycles. The van der Waals surface area contributed by atoms with E-state index in [2.05, 4.69) is 37.2 Å². The van der Waals surface area contributed by atoms with Crippen molar-refractivity contribution >= 4 is 53.3 Å². The van der Waals surface area contributed by atoms with Crippen LogP contribution in [0.5, 0.6) is 0 Å². The van der Waals surface area contributed by atoms with Gasteiger partial charge in [-0.15, -0.1) is 0 Å². The maximum absolute atomic E-state index is 14.7. The van der Waals surface area contributed by atoms with Crippen LogP contribution in [-0.4, -0.2) is 160 Å². The van der Waals surface area contributed by atoms with E-state index in [9.17, 15) is 53.4 Å². The highest BCUT2D eigenvalue weighted by Crippen LogP contribution is 2.18. The second kappa shape index (κ2) is 28.6. The minimum absolute atomic E-state index is 0.0974. The van der Waals surface area contributed by atoms with Crippen molar-refractivity contribution in [2.45, 2.75) is 201 Å². The second-order valence-electron chi connectivity index (χ2n) is 22.0. The predicted molar refractivity (Wildman–Crippen MR) is 269 cm³/mol. The first kappa shape index (κ1) is 65.3. The number of rotatable bonds is 27. The molecule has 0 spiro atoms. The van der Waals surface area contributed by atoms with Crippen molar-refractivity contribution in [1.29, 1.82) is 0 Å². The number of benzene rings is 1. The Morgan fingerprint density at radius 3 is 1.40 bits per heavy atom. The first-order valence-corrected chi connectivity index (χ1v) is 24.3. The Balaban J connectivity index is 3.86. The fourth-order valence-electron chi connectivity index (χ4n) is 6.90. The minimum Gasteiger partial charge on any atom is -0.480 e. The Bertz CT molecular complexity index is 2030. The van der Waals surface area contributed by atoms with E-state index in [1.165, 1.54) is 20.8 Å². The summed E-state index contributed by atoms with van der Waals surface area (Å²) < 4.78 is 23.6. The molecule has 0 bridgehead atoms. The Labute approximate surface area is 429 Å². The SMILES string of the molecule is CC(C)[C@H](NC(=O)[C@H](CC(=O)OC(C)(C)C)NC(=O)[C@H](COC(C)(C)C)NC(=O)[C@@H](NC(=O)[C@H](Cc1ccccc1)NC(=O)[C@@H](NC(=O)CN)[C@@H](C)OC(C)(C)C)[C@@H](C)OC(C)(C)C)C(=O)N[C@@H](CO)C(=O)O. The average Bonchev–Trinajstić information content (AvgIpc) is 3.23. The smallest absolute Gasteiger partial charge is 0.328 e. The van der Waals surface area contributed by atoms with Crippen LogP contribution in [-0.2, 0) is 68.5 Å². The third kappa shape index (κ3) is 25.7. The molecule has 11 N–H and O–H groups in total. The van der Waals surface area contributed by atoms with Crippen LogP contribution >= 0.6 is 0 Å². The molecule has 23 nitrogen and oxygen atoms in total. The standard InChI is InChI=1S/C50H84N8O15/c1-27(2)37(43(65)54-33(25-59)46(68)69)57-41(63)32(23-36(61)73-50(14,15)16)52-42(64)34(26-70-47(5,6)7)55-45(67)39(29(4)72-49(11,12)13)58-40(62)31(22-30-20-18-17-19-21-30)53-44(66)38(56-35(60)24-51)28(3)71-48(8,9)10/h17-21,27-29,31-34,37-39,59H,22-26,51H2,1-16H3,(H,52,64)(H,53,66)(H,54,65)(H,55,67)(H,56,60)(H,57,63)(H,58,62)(H,68,69)/t28-,29-,31+,32+,33+,34+,37+,38+,39+/m1/s1. The second-order valence-corrected chi connectivity index (χ2v) is 22.0. The molecule has 23 heteroatoms. The summed E-state index contributed by atoms with van der Waals surface area (Å²) in [6.45, 7) is 24.4. The molecule has 1 aromatic carbocycles. The third-order valence-electron chi connectivity index (χ3n) is 10.1. The number of carbonyl (C=O) groups is 9. The molecule has 0 unspecified atom stereocenters. The monoisotopic (exact) mass is 1040 g/mol. The van der Waals surface area contributed by atoms with Crippen molar-refractivity contribution < 1.29 is 72.3 Å². The Morgan fingerprint density at radius 2 is 0.959 bits per heavy atom. The van der Waals surface area contributed by atoms with Gasteiger partial charge in [0.1, 0.15) is 47.9 Å². The summed E-state index contributed by atoms with van der Waals surface area (Å²) in [7, 11) is 0. The fourth-order valence-corrected chi connectivity index (χ4v) is 6.90. The molecular formula is C50H84N8O15. The summed E-state index contributed by atoms with van der Waals surface area (Å²) in [5, 5.41) is 36.6. The molecular weight excluding hydrogens is 953 g/mol. The molecule has 0 heterocycles. The van der Waals surface area contributed by atoms with E-state index in [4.69, 9.17) is 24.7 Å². The number of nitrogens with two attached hydrogens (primary N) is 1. The van der Waals surface area contributed by atoms with E-state index >= 15 is 0 Å². The molecule has 0 fully saturated rings. The molecule has 0 saturated carbocycles. The summed E-state index contributed by atoms with van der Waals surface area (Å²) in [4.78, 5) is 123. The van der Waals surface area contributed by atoms with Crippen molar-refractivity contribution in [1.82, 2.24) is 37.2 Å². The van der Waals surface area contributed by atoms with Gasteiger partial charge in [0.25, 0.3) is 0 Å². The summed E-state index contributed by atoms with van der Waals surface area (Å²) in [5.41, 5.74) is 2.60. The van der Waals surface area contributed by atoms with Crippen LogP contribution in [0.3, 0.4) is 0 Å². The predicted octanol–water partition coefficient (Wildman–Crippen LogP) is 0.268. The Hall–Kier alpha value is -5.75. The number of hydrogen-bond acceptors (Lipinski definition) is 15. The zero-order valence-corrected chi connectivity index (χ0v) is 45.5. The number of ether oxygens (including phenoxy) is 4. The molecule has 9 atom stereocenters. The van der Waals surface area contributed by atoms with E-state index in [-0.39, 0.29) is 6.42 Å². The van der Waals surface area contributed by atoms with Crippen LogP contribution in [0.15, 0.2) is 30.3 Å². The molecule has 7 amide bonds. The molecule has 0 aliphatic rings. The lowest BCUT2D eigenvalue weighted by Crippen LogP contribution is -2.64. The van der Waals surface area contributed by atoms with Gasteiger partial charge in [0.2, 0.25) is 41.4 Å². The Morgan fingerprint density at radius 1 is 0.534 bits per heavy atom. The maximum atomic E-state index is 14.7. The van der Waals surface area contributed by atoms with Crippen molar-refractivity contribution in [3.63, 3.8) is 0 Å². The lowest BCUT2D eigenvalue weighted by Gasteiger charge is -2.34. The molecule has 0 aliphatic heterocycles. The van der Waals surface area contributed by atoms with Crippen molar-refractivity contribution in [3.8, 4) is 0 Å². The minimum atomic E-state index is -1.77. The van der Waals surface area contributed by atoms with Gasteiger partial charge in [-0.05, 0) is 108 Å². The number of carboxylic acid groups (broad SMARTS) is 1. The molecule has 414 valence electrons. The number of aliphatic hydroxyl groups excluding tert-OH is 1. The zero-order chi connectivity index (χ0) is 56.4. The highest BCUT2D eigenvalue weighted by Gasteiger charge is 2.40. The van der Waals surface area contributed by atoms with Gasteiger partial charge in [-0.2, -0.15) is 0 Å². The molecule has 0 saturated heterocycles. The van der Waals surface area contributed by atoms with Crippen LogP contribution in [0.1, 0.15) is 123 Å². The normalized spacial score (nSPS) is 15.9. The van der Waals surface area contributed by atoms with E-state index in [1.54, 1.807) is 120 Å². The lowest BCUT2D eigenvalue weighted by atomic mass is 10.0. The van der Waals surface area contributed by atoms with Gasteiger partial charge < -0.3 is 72.1 Å². The Kier molecular flexibility index (Phi) is 25.6. The number of hydrogen-bond donors (Lipinski definition) is 10. The van der Waals surface area contributed by atoms with Gasteiger partial charge in [0.05, 0.1) is 55.2 Å². The number of esters is 1. The van der Waals surface area contributed by atoms with Crippen LogP contribution in [0.25, 0.3) is 0 Å². The van der Waals surface area contributed by atoms with E-state index in [0.717, 1.165) is 0 Å². The molecule has 73 heavy (non-hydrogen) atoms. The topological polar surface area (TPSA) is 341 Å². The van der Waals surface area contributed by atoms with Crippen LogP contribution in [0, 0.1) is 5.92 Å². The summed E-state index contributed by atoms with van der Waals surface area (Å²) in [6.07, 6.45) is -2.92. The summed E-state index contributed by atoms with van der Waals surface area (Å²) >= 11 is 0. The van der Waals surface area contributed by atoms with Crippen LogP contribution in [0.4, 0.5) is 0 Å².